The fourth-order valence-corrected chi connectivity index (χ4v) is 3.57. The second kappa shape index (κ2) is 7.06. The third-order valence-electron chi connectivity index (χ3n) is 4.09. The number of benzene rings is 1. The van der Waals surface area contributed by atoms with Gasteiger partial charge < -0.3 is 20.1 Å². The fraction of sp³-hybridized carbons (Fsp3) is 0.533. The smallest absolute Gasteiger partial charge is 0.254 e. The highest BCUT2D eigenvalue weighted by Gasteiger charge is 2.31. The lowest BCUT2D eigenvalue weighted by atomic mass is 9.96. The van der Waals surface area contributed by atoms with Crippen LogP contribution < -0.4 is 15.2 Å². The average molecular weight is 392 g/mol. The second-order valence-corrected chi connectivity index (χ2v) is 6.47. The number of hydrogen-bond donors (Lipinski definition) is 1. The van der Waals surface area contributed by atoms with E-state index in [9.17, 15) is 4.79 Å². The summed E-state index contributed by atoms with van der Waals surface area (Å²) in [6.07, 6.45) is 3.12. The number of nitrogens with two attached hydrogens (primary N) is 1. The summed E-state index contributed by atoms with van der Waals surface area (Å²) in [6.45, 7) is 2.92. The van der Waals surface area contributed by atoms with Gasteiger partial charge in [-0.1, -0.05) is 0 Å². The number of ether oxygens (including phenoxy) is 2. The number of rotatable bonds is 2. The summed E-state index contributed by atoms with van der Waals surface area (Å²) >= 11 is 3.43. The lowest BCUT2D eigenvalue weighted by molar-refractivity contribution is 0.0583. The largest absolute Gasteiger partial charge is 0.454 e. The number of likely N-dealkylation sites (tertiary alicyclic amines) is 1. The summed E-state index contributed by atoms with van der Waals surface area (Å²) in [4.78, 5) is 14.7. The molecule has 2 N–H and O–H groups in total. The first-order chi connectivity index (χ1) is 10.1. The molecule has 0 radical (unpaired) electrons. The van der Waals surface area contributed by atoms with E-state index in [0.29, 0.717) is 17.1 Å². The summed E-state index contributed by atoms with van der Waals surface area (Å²) in [5.74, 6) is 1.28. The molecule has 1 saturated heterocycles. The van der Waals surface area contributed by atoms with Crippen molar-refractivity contribution >= 4 is 34.2 Å². The predicted molar refractivity (Wildman–Crippen MR) is 89.8 cm³/mol. The quantitative estimate of drug-likeness (QED) is 0.842. The van der Waals surface area contributed by atoms with Gasteiger partial charge in [-0.15, -0.1) is 12.4 Å². The van der Waals surface area contributed by atoms with E-state index >= 15 is 0 Å². The Morgan fingerprint density at radius 2 is 2.18 bits per heavy atom. The van der Waals surface area contributed by atoms with Gasteiger partial charge in [0.05, 0.1) is 4.47 Å². The van der Waals surface area contributed by atoms with Crippen LogP contribution in [0.25, 0.3) is 0 Å². The van der Waals surface area contributed by atoms with Crippen LogP contribution >= 0.6 is 28.3 Å². The zero-order valence-corrected chi connectivity index (χ0v) is 14.8. The molecule has 122 valence electrons. The van der Waals surface area contributed by atoms with Crippen LogP contribution in [0.4, 0.5) is 0 Å². The molecule has 2 unspecified atom stereocenters. The van der Waals surface area contributed by atoms with Crippen molar-refractivity contribution in [2.75, 3.05) is 13.3 Å². The van der Waals surface area contributed by atoms with Crippen molar-refractivity contribution in [2.24, 2.45) is 5.73 Å². The van der Waals surface area contributed by atoms with Gasteiger partial charge in [0.2, 0.25) is 6.79 Å². The number of hydrogen-bond acceptors (Lipinski definition) is 4. The SMILES string of the molecule is CC(N)C1CCCCN1C(=O)c1cc(Br)c2c(c1)OCO2.Cl. The van der Waals surface area contributed by atoms with E-state index in [4.69, 9.17) is 15.2 Å². The molecule has 0 aliphatic carbocycles. The standard InChI is InChI=1S/C15H19BrN2O3.ClH/c1-9(17)12-4-2-3-5-18(12)15(19)10-6-11(16)14-13(7-10)20-8-21-14;/h6-7,9,12H,2-5,8,17H2,1H3;1H. The van der Waals surface area contributed by atoms with E-state index in [2.05, 4.69) is 15.9 Å². The van der Waals surface area contributed by atoms with Gasteiger partial charge in [0.25, 0.3) is 5.91 Å². The molecule has 2 heterocycles. The van der Waals surface area contributed by atoms with E-state index in [0.717, 1.165) is 30.3 Å². The Morgan fingerprint density at radius 3 is 2.91 bits per heavy atom. The number of nitrogens with zero attached hydrogens (tertiary/aromatic N) is 1. The highest BCUT2D eigenvalue weighted by atomic mass is 79.9. The van der Waals surface area contributed by atoms with E-state index < -0.39 is 0 Å². The lowest BCUT2D eigenvalue weighted by Crippen LogP contribution is -2.51. The van der Waals surface area contributed by atoms with E-state index in [1.807, 2.05) is 11.8 Å². The van der Waals surface area contributed by atoms with Crippen molar-refractivity contribution in [2.45, 2.75) is 38.3 Å². The highest BCUT2D eigenvalue weighted by molar-refractivity contribution is 9.10. The zero-order valence-electron chi connectivity index (χ0n) is 12.4. The molecule has 2 aliphatic heterocycles. The van der Waals surface area contributed by atoms with Crippen LogP contribution in [0.3, 0.4) is 0 Å². The summed E-state index contributed by atoms with van der Waals surface area (Å²) in [7, 11) is 0. The topological polar surface area (TPSA) is 64.8 Å². The Morgan fingerprint density at radius 1 is 1.41 bits per heavy atom. The maximum Gasteiger partial charge on any atom is 0.254 e. The maximum absolute atomic E-state index is 12.8. The number of carbonyl (C=O) groups is 1. The predicted octanol–water partition coefficient (Wildman–Crippen LogP) is 2.94. The van der Waals surface area contributed by atoms with Crippen molar-refractivity contribution in [3.05, 3.63) is 22.2 Å². The van der Waals surface area contributed by atoms with Gasteiger partial charge in [-0.05, 0) is 54.2 Å². The first-order valence-corrected chi connectivity index (χ1v) is 8.03. The molecular formula is C15H20BrClN2O3. The number of piperidine rings is 1. The third kappa shape index (κ3) is 3.19. The molecule has 0 saturated carbocycles. The molecule has 3 rings (SSSR count). The van der Waals surface area contributed by atoms with Crippen molar-refractivity contribution in [3.8, 4) is 11.5 Å². The van der Waals surface area contributed by atoms with Crippen molar-refractivity contribution in [1.82, 2.24) is 4.90 Å². The van der Waals surface area contributed by atoms with Gasteiger partial charge in [0.15, 0.2) is 11.5 Å². The Balaban J connectivity index is 0.00000176. The lowest BCUT2D eigenvalue weighted by Gasteiger charge is -2.38. The molecule has 2 aliphatic rings. The summed E-state index contributed by atoms with van der Waals surface area (Å²) in [6, 6.07) is 3.63. The normalized spacial score (nSPS) is 21.2. The van der Waals surface area contributed by atoms with Gasteiger partial charge >= 0.3 is 0 Å². The molecule has 1 amide bonds. The summed E-state index contributed by atoms with van der Waals surface area (Å²) in [5.41, 5.74) is 6.66. The molecule has 0 aromatic heterocycles. The Bertz CT molecular complexity index is 568. The number of amides is 1. The molecular weight excluding hydrogens is 372 g/mol. The molecule has 2 atom stereocenters. The first-order valence-electron chi connectivity index (χ1n) is 7.23. The number of carbonyl (C=O) groups excluding carboxylic acids is 1. The molecule has 7 heteroatoms. The van der Waals surface area contributed by atoms with Crippen LogP contribution in [-0.2, 0) is 0 Å². The van der Waals surface area contributed by atoms with Crippen LogP contribution in [0.2, 0.25) is 0 Å². The molecule has 5 nitrogen and oxygen atoms in total. The van der Waals surface area contributed by atoms with Gasteiger partial charge in [0, 0.05) is 24.2 Å². The van der Waals surface area contributed by atoms with Crippen molar-refractivity contribution in [3.63, 3.8) is 0 Å². The van der Waals surface area contributed by atoms with E-state index in [1.165, 1.54) is 0 Å². The van der Waals surface area contributed by atoms with Crippen LogP contribution in [0, 0.1) is 0 Å². The monoisotopic (exact) mass is 390 g/mol. The first kappa shape index (κ1) is 17.4. The molecule has 0 bridgehead atoms. The van der Waals surface area contributed by atoms with Gasteiger partial charge in [0.1, 0.15) is 0 Å². The second-order valence-electron chi connectivity index (χ2n) is 5.61. The van der Waals surface area contributed by atoms with Gasteiger partial charge in [-0.25, -0.2) is 0 Å². The van der Waals surface area contributed by atoms with Crippen LogP contribution in [0.1, 0.15) is 36.5 Å². The summed E-state index contributed by atoms with van der Waals surface area (Å²) < 4.78 is 11.5. The van der Waals surface area contributed by atoms with Crippen LogP contribution in [-0.4, -0.2) is 36.2 Å². The minimum Gasteiger partial charge on any atom is -0.454 e. The molecule has 0 spiro atoms. The average Bonchev–Trinajstić information content (AvgIpc) is 2.95. The Hall–Kier alpha value is -0.980. The maximum atomic E-state index is 12.8. The van der Waals surface area contributed by atoms with Gasteiger partial charge in [-0.3, -0.25) is 4.79 Å². The highest BCUT2D eigenvalue weighted by Crippen LogP contribution is 2.40. The molecule has 1 aromatic carbocycles. The Labute approximate surface area is 144 Å². The van der Waals surface area contributed by atoms with Crippen molar-refractivity contribution in [1.29, 1.82) is 0 Å². The van der Waals surface area contributed by atoms with Crippen molar-refractivity contribution < 1.29 is 14.3 Å². The van der Waals surface area contributed by atoms with E-state index in [-0.39, 0.29) is 37.2 Å². The van der Waals surface area contributed by atoms with Crippen LogP contribution in [0.5, 0.6) is 11.5 Å². The number of halogens is 2. The Kier molecular flexibility index (Phi) is 5.58. The van der Waals surface area contributed by atoms with E-state index in [1.54, 1.807) is 12.1 Å². The third-order valence-corrected chi connectivity index (χ3v) is 4.68. The molecule has 1 fully saturated rings. The zero-order chi connectivity index (χ0) is 15.0. The molecule has 1 aromatic rings. The minimum absolute atomic E-state index is 0. The minimum atomic E-state index is -0.0216. The fourth-order valence-electron chi connectivity index (χ4n) is 3.01. The van der Waals surface area contributed by atoms with Gasteiger partial charge in [-0.2, -0.15) is 0 Å². The van der Waals surface area contributed by atoms with Crippen LogP contribution in [0.15, 0.2) is 16.6 Å². The summed E-state index contributed by atoms with van der Waals surface area (Å²) in [5, 5.41) is 0. The number of fused-ring (bicyclic) bond motifs is 1. The molecule has 22 heavy (non-hydrogen) atoms.